The molecule has 0 aliphatic heterocycles. The molecule has 4 nitrogen and oxygen atoms in total. The fourth-order valence-corrected chi connectivity index (χ4v) is 5.74. The summed E-state index contributed by atoms with van der Waals surface area (Å²) in [6, 6.07) is 0. The summed E-state index contributed by atoms with van der Waals surface area (Å²) in [5.74, 6) is 1.53. The minimum atomic E-state index is -0.280. The van der Waals surface area contributed by atoms with Gasteiger partial charge in [-0.3, -0.25) is 9.36 Å². The van der Waals surface area contributed by atoms with E-state index in [0.717, 1.165) is 53.2 Å². The molecule has 0 amide bonds. The SMILES string of the molecule is C=CCn1c(SCCCC(C)O)nc2sc3c(c2c1=O)CCC(C)C3. The van der Waals surface area contributed by atoms with Gasteiger partial charge in [-0.15, -0.1) is 17.9 Å². The van der Waals surface area contributed by atoms with E-state index >= 15 is 0 Å². The van der Waals surface area contributed by atoms with E-state index in [1.54, 1.807) is 40.7 Å². The number of allylic oxidation sites excluding steroid dienone is 1. The summed E-state index contributed by atoms with van der Waals surface area (Å²) in [6.07, 6.45) is 6.36. The third-order valence-electron chi connectivity index (χ3n) is 4.69. The highest BCUT2D eigenvalue weighted by atomic mass is 32.2. The molecule has 1 aliphatic carbocycles. The van der Waals surface area contributed by atoms with E-state index in [1.807, 2.05) is 0 Å². The van der Waals surface area contributed by atoms with E-state index in [2.05, 4.69) is 13.5 Å². The van der Waals surface area contributed by atoms with Crippen molar-refractivity contribution in [2.24, 2.45) is 5.92 Å². The van der Waals surface area contributed by atoms with Gasteiger partial charge < -0.3 is 5.11 Å². The Kier molecular flexibility index (Phi) is 6.02. The van der Waals surface area contributed by atoms with Gasteiger partial charge >= 0.3 is 0 Å². The number of aliphatic hydroxyl groups excluding tert-OH is 1. The zero-order valence-electron chi connectivity index (χ0n) is 15.0. The minimum Gasteiger partial charge on any atom is -0.393 e. The molecule has 1 aliphatic rings. The van der Waals surface area contributed by atoms with Crippen LogP contribution in [0.3, 0.4) is 0 Å². The van der Waals surface area contributed by atoms with Crippen molar-refractivity contribution in [2.75, 3.05) is 5.75 Å². The summed E-state index contributed by atoms with van der Waals surface area (Å²) in [5.41, 5.74) is 1.31. The summed E-state index contributed by atoms with van der Waals surface area (Å²) in [4.78, 5) is 20.2. The topological polar surface area (TPSA) is 55.1 Å². The van der Waals surface area contributed by atoms with Gasteiger partial charge in [0.2, 0.25) is 0 Å². The fourth-order valence-electron chi connectivity index (χ4n) is 3.35. The lowest BCUT2D eigenvalue weighted by atomic mass is 9.89. The van der Waals surface area contributed by atoms with Crippen LogP contribution in [0.5, 0.6) is 0 Å². The quantitative estimate of drug-likeness (QED) is 0.342. The Balaban J connectivity index is 1.97. The Bertz CT molecular complexity index is 823. The van der Waals surface area contributed by atoms with Crippen LogP contribution in [0.25, 0.3) is 10.2 Å². The third kappa shape index (κ3) is 4.01. The molecule has 0 saturated heterocycles. The van der Waals surface area contributed by atoms with Gasteiger partial charge in [-0.25, -0.2) is 4.98 Å². The van der Waals surface area contributed by atoms with Gasteiger partial charge in [0.1, 0.15) is 4.83 Å². The molecule has 0 spiro atoms. The van der Waals surface area contributed by atoms with Gasteiger partial charge in [0.15, 0.2) is 5.16 Å². The van der Waals surface area contributed by atoms with E-state index in [0.29, 0.717) is 12.5 Å². The number of aromatic nitrogens is 2. The molecule has 0 saturated carbocycles. The van der Waals surface area contributed by atoms with Gasteiger partial charge in [-0.2, -0.15) is 0 Å². The maximum Gasteiger partial charge on any atom is 0.263 e. The summed E-state index contributed by atoms with van der Waals surface area (Å²) in [5, 5.41) is 11.0. The van der Waals surface area contributed by atoms with E-state index in [1.165, 1.54) is 10.4 Å². The number of rotatable bonds is 7. The van der Waals surface area contributed by atoms with Crippen molar-refractivity contribution < 1.29 is 5.11 Å². The number of aryl methyl sites for hydroxylation is 1. The second-order valence-electron chi connectivity index (χ2n) is 6.97. The fraction of sp³-hybridized carbons (Fsp3) is 0.579. The average molecular weight is 379 g/mol. The summed E-state index contributed by atoms with van der Waals surface area (Å²) in [6.45, 7) is 8.37. The summed E-state index contributed by atoms with van der Waals surface area (Å²) in [7, 11) is 0. The lowest BCUT2D eigenvalue weighted by Crippen LogP contribution is -2.23. The normalized spacial score (nSPS) is 18.3. The van der Waals surface area contributed by atoms with Crippen LogP contribution in [0.4, 0.5) is 0 Å². The zero-order valence-corrected chi connectivity index (χ0v) is 16.6. The molecule has 6 heteroatoms. The molecule has 0 fully saturated rings. The third-order valence-corrected chi connectivity index (χ3v) is 6.90. The monoisotopic (exact) mass is 378 g/mol. The van der Waals surface area contributed by atoms with Crippen molar-refractivity contribution in [3.63, 3.8) is 0 Å². The Morgan fingerprint density at radius 2 is 2.36 bits per heavy atom. The molecule has 0 aromatic carbocycles. The molecule has 2 heterocycles. The smallest absolute Gasteiger partial charge is 0.263 e. The lowest BCUT2D eigenvalue weighted by molar-refractivity contribution is 0.184. The molecule has 1 N–H and O–H groups in total. The second-order valence-corrected chi connectivity index (χ2v) is 9.12. The van der Waals surface area contributed by atoms with Crippen LogP contribution in [0, 0.1) is 5.92 Å². The van der Waals surface area contributed by atoms with E-state index in [9.17, 15) is 9.90 Å². The lowest BCUT2D eigenvalue weighted by Gasteiger charge is -2.17. The van der Waals surface area contributed by atoms with Crippen molar-refractivity contribution in [1.82, 2.24) is 9.55 Å². The first kappa shape index (κ1) is 18.7. The van der Waals surface area contributed by atoms with Crippen molar-refractivity contribution in [3.05, 3.63) is 33.4 Å². The molecule has 25 heavy (non-hydrogen) atoms. The average Bonchev–Trinajstić information content (AvgIpc) is 2.92. The van der Waals surface area contributed by atoms with Crippen molar-refractivity contribution >= 4 is 33.3 Å². The van der Waals surface area contributed by atoms with E-state index in [-0.39, 0.29) is 11.7 Å². The largest absolute Gasteiger partial charge is 0.393 e. The van der Waals surface area contributed by atoms with Crippen molar-refractivity contribution in [2.45, 2.75) is 63.8 Å². The Hall–Kier alpha value is -1.11. The van der Waals surface area contributed by atoms with Crippen LogP contribution >= 0.6 is 23.1 Å². The minimum absolute atomic E-state index is 0.0787. The second kappa shape index (κ2) is 8.06. The Morgan fingerprint density at radius 3 is 3.08 bits per heavy atom. The molecule has 2 aromatic heterocycles. The van der Waals surface area contributed by atoms with Gasteiger partial charge in [-0.05, 0) is 50.5 Å². The van der Waals surface area contributed by atoms with Gasteiger partial charge in [-0.1, -0.05) is 24.8 Å². The molecule has 2 unspecified atom stereocenters. The first-order valence-electron chi connectivity index (χ1n) is 8.98. The number of nitrogens with zero attached hydrogens (tertiary/aromatic N) is 2. The number of hydrogen-bond donors (Lipinski definition) is 1. The number of fused-ring (bicyclic) bond motifs is 3. The highest BCUT2D eigenvalue weighted by Gasteiger charge is 2.24. The van der Waals surface area contributed by atoms with Crippen LogP contribution in [-0.2, 0) is 19.4 Å². The predicted octanol–water partition coefficient (Wildman–Crippen LogP) is 4.02. The number of thioether (sulfide) groups is 1. The van der Waals surface area contributed by atoms with Gasteiger partial charge in [0.05, 0.1) is 11.5 Å². The van der Waals surface area contributed by atoms with E-state index < -0.39 is 0 Å². The van der Waals surface area contributed by atoms with Crippen molar-refractivity contribution in [1.29, 1.82) is 0 Å². The Labute approximate surface area is 157 Å². The number of hydrogen-bond acceptors (Lipinski definition) is 5. The summed E-state index contributed by atoms with van der Waals surface area (Å²) < 4.78 is 1.76. The summed E-state index contributed by atoms with van der Waals surface area (Å²) >= 11 is 3.30. The highest BCUT2D eigenvalue weighted by molar-refractivity contribution is 7.99. The standard InChI is InChI=1S/C19H26N2O2S2/c1-4-9-21-18(23)16-14-8-7-12(2)11-15(14)25-17(16)20-19(21)24-10-5-6-13(3)22/h4,12-13,22H,1,5-11H2,2-3H3. The molecule has 136 valence electrons. The Morgan fingerprint density at radius 1 is 1.56 bits per heavy atom. The maximum atomic E-state index is 13.1. The predicted molar refractivity (Wildman–Crippen MR) is 107 cm³/mol. The first-order valence-corrected chi connectivity index (χ1v) is 10.8. The van der Waals surface area contributed by atoms with Crippen LogP contribution in [0.15, 0.2) is 22.6 Å². The van der Waals surface area contributed by atoms with Crippen LogP contribution in [0.2, 0.25) is 0 Å². The maximum absolute atomic E-state index is 13.1. The van der Waals surface area contributed by atoms with Crippen molar-refractivity contribution in [3.8, 4) is 0 Å². The molecule has 2 atom stereocenters. The van der Waals surface area contributed by atoms with Gasteiger partial charge in [0, 0.05) is 17.2 Å². The molecule has 2 aromatic rings. The molecule has 3 rings (SSSR count). The van der Waals surface area contributed by atoms with Gasteiger partial charge in [0.25, 0.3) is 5.56 Å². The van der Waals surface area contributed by atoms with Crippen LogP contribution in [0.1, 0.15) is 43.6 Å². The zero-order chi connectivity index (χ0) is 18.0. The highest BCUT2D eigenvalue weighted by Crippen LogP contribution is 2.36. The first-order chi connectivity index (χ1) is 12.0. The van der Waals surface area contributed by atoms with Crippen LogP contribution in [-0.4, -0.2) is 26.5 Å². The van der Waals surface area contributed by atoms with E-state index in [4.69, 9.17) is 4.98 Å². The number of aliphatic hydroxyl groups is 1. The van der Waals surface area contributed by atoms with Crippen LogP contribution < -0.4 is 5.56 Å². The molecule has 0 bridgehead atoms. The number of thiophene rings is 1. The molecule has 0 radical (unpaired) electrons. The molecular weight excluding hydrogens is 352 g/mol. The molecular formula is C19H26N2O2S2.